The van der Waals surface area contributed by atoms with Gasteiger partial charge in [0.1, 0.15) is 0 Å². The Kier molecular flexibility index (Phi) is 4.60. The topological polar surface area (TPSA) is 82.2 Å². The van der Waals surface area contributed by atoms with E-state index in [1.54, 1.807) is 0 Å². The van der Waals surface area contributed by atoms with E-state index in [1.165, 1.54) is 0 Å². The van der Waals surface area contributed by atoms with Crippen LogP contribution in [0.15, 0.2) is 24.4 Å². The Morgan fingerprint density at radius 2 is 2.00 bits per heavy atom. The first-order chi connectivity index (χ1) is 11.5. The first kappa shape index (κ1) is 16.6. The summed E-state index contributed by atoms with van der Waals surface area (Å²) < 4.78 is 0. The van der Waals surface area contributed by atoms with E-state index in [1.807, 2.05) is 31.3 Å². The van der Waals surface area contributed by atoms with Crippen LogP contribution in [0.1, 0.15) is 43.2 Å². The minimum Gasteiger partial charge on any atom is -0.481 e. The van der Waals surface area contributed by atoms with Crippen molar-refractivity contribution in [3.63, 3.8) is 0 Å². The number of carbonyl (C=O) groups excluding carboxylic acids is 1. The lowest BCUT2D eigenvalue weighted by molar-refractivity contribution is -0.151. The summed E-state index contributed by atoms with van der Waals surface area (Å²) in [5.41, 5.74) is 2.32. The Hall–Kier alpha value is -2.30. The molecule has 3 N–H and O–H groups in total. The van der Waals surface area contributed by atoms with E-state index >= 15 is 0 Å². The SMILES string of the molecule is Cc1cccc2[nH]cc(CC(=O)NCC3(C(=O)O)CCCCC3)c12. The highest BCUT2D eigenvalue weighted by Crippen LogP contribution is 2.36. The van der Waals surface area contributed by atoms with E-state index < -0.39 is 11.4 Å². The molecule has 1 aromatic heterocycles. The molecule has 1 amide bonds. The van der Waals surface area contributed by atoms with Gasteiger partial charge in [0.2, 0.25) is 5.91 Å². The number of benzene rings is 1. The Bertz CT molecular complexity index is 757. The zero-order chi connectivity index (χ0) is 17.2. The molecule has 3 rings (SSSR count). The van der Waals surface area contributed by atoms with Gasteiger partial charge in [-0.2, -0.15) is 0 Å². The van der Waals surface area contributed by atoms with Crippen LogP contribution in [0.4, 0.5) is 0 Å². The fourth-order valence-corrected chi connectivity index (χ4v) is 3.79. The zero-order valence-corrected chi connectivity index (χ0v) is 14.0. The fraction of sp³-hybridized carbons (Fsp3) is 0.474. The monoisotopic (exact) mass is 328 g/mol. The van der Waals surface area contributed by atoms with Gasteiger partial charge in [0.15, 0.2) is 0 Å². The summed E-state index contributed by atoms with van der Waals surface area (Å²) in [4.78, 5) is 27.2. The molecule has 0 radical (unpaired) electrons. The number of H-pyrrole nitrogens is 1. The Labute approximate surface area is 141 Å². The number of aromatic amines is 1. The molecule has 0 bridgehead atoms. The standard InChI is InChI=1S/C19H24N2O3/c1-13-6-5-7-15-17(13)14(11-20-15)10-16(22)21-12-19(18(23)24)8-3-2-4-9-19/h5-7,11,20H,2-4,8-10,12H2,1H3,(H,21,22)(H,23,24). The molecule has 1 aliphatic carbocycles. The molecule has 0 saturated heterocycles. The van der Waals surface area contributed by atoms with Crippen molar-refractivity contribution < 1.29 is 14.7 Å². The average molecular weight is 328 g/mol. The second-order valence-electron chi connectivity index (χ2n) is 6.91. The second kappa shape index (κ2) is 6.67. The van der Waals surface area contributed by atoms with Crippen molar-refractivity contribution in [2.45, 2.75) is 45.4 Å². The highest BCUT2D eigenvalue weighted by atomic mass is 16.4. The highest BCUT2D eigenvalue weighted by molar-refractivity contribution is 5.91. The van der Waals surface area contributed by atoms with Gasteiger partial charge < -0.3 is 15.4 Å². The number of carboxylic acid groups (broad SMARTS) is 1. The minimum atomic E-state index is -0.788. The normalized spacial score (nSPS) is 16.9. The molecule has 2 aromatic rings. The summed E-state index contributed by atoms with van der Waals surface area (Å²) in [5, 5.41) is 13.5. The van der Waals surface area contributed by atoms with Crippen molar-refractivity contribution in [2.75, 3.05) is 6.54 Å². The van der Waals surface area contributed by atoms with Crippen LogP contribution in [-0.2, 0) is 16.0 Å². The van der Waals surface area contributed by atoms with Crippen molar-refractivity contribution in [1.82, 2.24) is 10.3 Å². The third-order valence-electron chi connectivity index (χ3n) is 5.24. The molecule has 0 aliphatic heterocycles. The lowest BCUT2D eigenvalue weighted by atomic mass is 9.74. The molecule has 1 aromatic carbocycles. The van der Waals surface area contributed by atoms with Crippen LogP contribution in [0, 0.1) is 12.3 Å². The summed E-state index contributed by atoms with van der Waals surface area (Å²) in [6, 6.07) is 6.00. The Balaban J connectivity index is 1.68. The number of amides is 1. The van der Waals surface area contributed by atoms with E-state index in [2.05, 4.69) is 10.3 Å². The highest BCUT2D eigenvalue weighted by Gasteiger charge is 2.39. The molecule has 1 fully saturated rings. The van der Waals surface area contributed by atoms with Gasteiger partial charge in [0, 0.05) is 23.6 Å². The fourth-order valence-electron chi connectivity index (χ4n) is 3.79. The summed E-state index contributed by atoms with van der Waals surface area (Å²) in [6.07, 6.45) is 6.35. The molecule has 1 aliphatic rings. The van der Waals surface area contributed by atoms with E-state index in [0.29, 0.717) is 12.8 Å². The predicted molar refractivity (Wildman–Crippen MR) is 92.9 cm³/mol. The number of aryl methyl sites for hydroxylation is 1. The van der Waals surface area contributed by atoms with Crippen molar-refractivity contribution in [2.24, 2.45) is 5.41 Å². The maximum absolute atomic E-state index is 12.4. The van der Waals surface area contributed by atoms with Crippen LogP contribution >= 0.6 is 0 Å². The lowest BCUT2D eigenvalue weighted by Gasteiger charge is -2.33. The van der Waals surface area contributed by atoms with Gasteiger partial charge in [-0.3, -0.25) is 9.59 Å². The molecule has 5 nitrogen and oxygen atoms in total. The Morgan fingerprint density at radius 3 is 2.71 bits per heavy atom. The van der Waals surface area contributed by atoms with Crippen molar-refractivity contribution in [3.8, 4) is 0 Å². The summed E-state index contributed by atoms with van der Waals surface area (Å²) in [5.74, 6) is -0.907. The van der Waals surface area contributed by atoms with Crippen LogP contribution in [0.25, 0.3) is 10.9 Å². The maximum atomic E-state index is 12.4. The molecule has 1 heterocycles. The first-order valence-electron chi connectivity index (χ1n) is 8.57. The Morgan fingerprint density at radius 1 is 1.25 bits per heavy atom. The smallest absolute Gasteiger partial charge is 0.311 e. The molecule has 0 unspecified atom stereocenters. The van der Waals surface area contributed by atoms with Gasteiger partial charge in [0.25, 0.3) is 0 Å². The molecule has 0 atom stereocenters. The molecule has 0 spiro atoms. The maximum Gasteiger partial charge on any atom is 0.311 e. The van der Waals surface area contributed by atoms with E-state index in [9.17, 15) is 14.7 Å². The van der Waals surface area contributed by atoms with Gasteiger partial charge in [0.05, 0.1) is 11.8 Å². The van der Waals surface area contributed by atoms with Crippen LogP contribution in [0.5, 0.6) is 0 Å². The number of aliphatic carboxylic acids is 1. The van der Waals surface area contributed by atoms with Crippen LogP contribution in [0.2, 0.25) is 0 Å². The van der Waals surface area contributed by atoms with Crippen LogP contribution in [-0.4, -0.2) is 28.5 Å². The largest absolute Gasteiger partial charge is 0.481 e. The number of carbonyl (C=O) groups is 2. The number of hydrogen-bond acceptors (Lipinski definition) is 2. The van der Waals surface area contributed by atoms with Crippen LogP contribution in [0.3, 0.4) is 0 Å². The molecule has 128 valence electrons. The zero-order valence-electron chi connectivity index (χ0n) is 14.0. The molecular weight excluding hydrogens is 304 g/mol. The molecular formula is C19H24N2O3. The quantitative estimate of drug-likeness (QED) is 0.788. The molecule has 1 saturated carbocycles. The van der Waals surface area contributed by atoms with Crippen molar-refractivity contribution in [1.29, 1.82) is 0 Å². The number of hydrogen-bond donors (Lipinski definition) is 3. The lowest BCUT2D eigenvalue weighted by Crippen LogP contribution is -2.44. The number of aromatic nitrogens is 1. The molecule has 24 heavy (non-hydrogen) atoms. The molecule has 5 heteroatoms. The summed E-state index contributed by atoms with van der Waals surface area (Å²) >= 11 is 0. The van der Waals surface area contributed by atoms with Crippen molar-refractivity contribution >= 4 is 22.8 Å². The van der Waals surface area contributed by atoms with Gasteiger partial charge >= 0.3 is 5.97 Å². The van der Waals surface area contributed by atoms with E-state index in [4.69, 9.17) is 0 Å². The predicted octanol–water partition coefficient (Wildman–Crippen LogP) is 3.17. The van der Waals surface area contributed by atoms with E-state index in [-0.39, 0.29) is 18.9 Å². The van der Waals surface area contributed by atoms with Crippen LogP contribution < -0.4 is 5.32 Å². The van der Waals surface area contributed by atoms with Gasteiger partial charge in [-0.05, 0) is 37.0 Å². The van der Waals surface area contributed by atoms with E-state index in [0.717, 1.165) is 41.3 Å². The average Bonchev–Trinajstić information content (AvgIpc) is 2.98. The second-order valence-corrected chi connectivity index (χ2v) is 6.91. The summed E-state index contributed by atoms with van der Waals surface area (Å²) in [7, 11) is 0. The van der Waals surface area contributed by atoms with Gasteiger partial charge in [-0.15, -0.1) is 0 Å². The van der Waals surface area contributed by atoms with Gasteiger partial charge in [-0.1, -0.05) is 31.4 Å². The van der Waals surface area contributed by atoms with Gasteiger partial charge in [-0.25, -0.2) is 0 Å². The number of carboxylic acids is 1. The number of fused-ring (bicyclic) bond motifs is 1. The number of nitrogens with one attached hydrogen (secondary N) is 2. The third kappa shape index (κ3) is 3.16. The summed E-state index contributed by atoms with van der Waals surface area (Å²) in [6.45, 7) is 2.25. The third-order valence-corrected chi connectivity index (χ3v) is 5.24. The number of rotatable bonds is 5. The first-order valence-corrected chi connectivity index (χ1v) is 8.57. The minimum absolute atomic E-state index is 0.120. The van der Waals surface area contributed by atoms with Crippen molar-refractivity contribution in [3.05, 3.63) is 35.5 Å².